The number of sulfonamides is 1. The van der Waals surface area contributed by atoms with Crippen LogP contribution in [0.3, 0.4) is 0 Å². The molecule has 1 atom stereocenters. The molecule has 0 aliphatic heterocycles. The minimum Gasteiger partial charge on any atom is -0.492 e. The van der Waals surface area contributed by atoms with Crippen molar-refractivity contribution in [3.63, 3.8) is 0 Å². The summed E-state index contributed by atoms with van der Waals surface area (Å²) in [4.78, 5) is 12.5. The van der Waals surface area contributed by atoms with E-state index in [1.807, 2.05) is 19.1 Å². The van der Waals surface area contributed by atoms with Crippen LogP contribution in [0.2, 0.25) is 0 Å². The molecule has 1 N–H and O–H groups in total. The summed E-state index contributed by atoms with van der Waals surface area (Å²) in [7, 11) is -0.859. The van der Waals surface area contributed by atoms with Crippen molar-refractivity contribution in [2.75, 3.05) is 26.0 Å². The quantitative estimate of drug-likeness (QED) is 0.728. The van der Waals surface area contributed by atoms with Crippen LogP contribution in [0.15, 0.2) is 47.4 Å². The molecule has 0 fully saturated rings. The first kappa shape index (κ1) is 21.7. The number of anilines is 1. The van der Waals surface area contributed by atoms with Gasteiger partial charge in [-0.2, -0.15) is 0 Å². The van der Waals surface area contributed by atoms with E-state index in [1.165, 1.54) is 26.2 Å². The highest BCUT2D eigenvalue weighted by Crippen LogP contribution is 2.29. The van der Waals surface area contributed by atoms with E-state index < -0.39 is 22.0 Å². The Morgan fingerprint density at radius 3 is 2.36 bits per heavy atom. The van der Waals surface area contributed by atoms with E-state index >= 15 is 0 Å². The van der Waals surface area contributed by atoms with Crippen molar-refractivity contribution >= 4 is 21.6 Å². The standard InChI is InChI=1S/C20H26N2O5S/c1-6-26-18-12-9-16(13-19(18)28(24,25)22(4)5)21-20(23)15(3)27-17-10-7-14(2)8-11-17/h7-13,15H,6H2,1-5H3,(H,21,23). The Morgan fingerprint density at radius 1 is 1.14 bits per heavy atom. The lowest BCUT2D eigenvalue weighted by atomic mass is 10.2. The zero-order chi connectivity index (χ0) is 20.9. The van der Waals surface area contributed by atoms with Crippen LogP contribution >= 0.6 is 0 Å². The van der Waals surface area contributed by atoms with E-state index in [2.05, 4.69) is 5.32 Å². The van der Waals surface area contributed by atoms with Crippen molar-refractivity contribution in [3.8, 4) is 11.5 Å². The molecule has 7 nitrogen and oxygen atoms in total. The van der Waals surface area contributed by atoms with Crippen molar-refractivity contribution in [2.24, 2.45) is 0 Å². The summed E-state index contributed by atoms with van der Waals surface area (Å²) in [5, 5.41) is 2.69. The molecule has 0 bridgehead atoms. The number of rotatable bonds is 8. The zero-order valence-corrected chi connectivity index (χ0v) is 17.5. The van der Waals surface area contributed by atoms with Gasteiger partial charge in [-0.25, -0.2) is 12.7 Å². The van der Waals surface area contributed by atoms with Crippen molar-refractivity contribution in [1.82, 2.24) is 4.31 Å². The molecule has 1 unspecified atom stereocenters. The minimum absolute atomic E-state index is 0.00995. The second kappa shape index (κ2) is 9.07. The average Bonchev–Trinajstić information content (AvgIpc) is 2.64. The van der Waals surface area contributed by atoms with Crippen LogP contribution in [-0.4, -0.2) is 45.4 Å². The summed E-state index contributed by atoms with van der Waals surface area (Å²) in [6, 6.07) is 11.9. The van der Waals surface area contributed by atoms with E-state index in [0.29, 0.717) is 18.0 Å². The summed E-state index contributed by atoms with van der Waals surface area (Å²) in [5.41, 5.74) is 1.43. The van der Waals surface area contributed by atoms with E-state index in [-0.39, 0.29) is 10.6 Å². The number of nitrogens with one attached hydrogen (secondary N) is 1. The largest absolute Gasteiger partial charge is 0.492 e. The number of carbonyl (C=O) groups is 1. The molecule has 152 valence electrons. The third kappa shape index (κ3) is 5.24. The van der Waals surface area contributed by atoms with Gasteiger partial charge in [0.1, 0.15) is 16.4 Å². The highest BCUT2D eigenvalue weighted by Gasteiger charge is 2.24. The van der Waals surface area contributed by atoms with Crippen LogP contribution in [0.5, 0.6) is 11.5 Å². The molecule has 0 saturated carbocycles. The van der Waals surface area contributed by atoms with Crippen molar-refractivity contribution in [3.05, 3.63) is 48.0 Å². The SMILES string of the molecule is CCOc1ccc(NC(=O)C(C)Oc2ccc(C)cc2)cc1S(=O)(=O)N(C)C. The molecule has 0 aromatic heterocycles. The Balaban J connectivity index is 2.20. The molecular weight excluding hydrogens is 380 g/mol. The average molecular weight is 407 g/mol. The summed E-state index contributed by atoms with van der Waals surface area (Å²) >= 11 is 0. The van der Waals surface area contributed by atoms with Gasteiger partial charge in [0.25, 0.3) is 5.91 Å². The van der Waals surface area contributed by atoms with Crippen molar-refractivity contribution in [2.45, 2.75) is 31.8 Å². The van der Waals surface area contributed by atoms with Crippen LogP contribution in [0, 0.1) is 6.92 Å². The van der Waals surface area contributed by atoms with Crippen LogP contribution in [0.25, 0.3) is 0 Å². The van der Waals surface area contributed by atoms with Gasteiger partial charge in [-0.3, -0.25) is 4.79 Å². The van der Waals surface area contributed by atoms with E-state index in [1.54, 1.807) is 32.0 Å². The third-order valence-electron chi connectivity index (χ3n) is 3.97. The smallest absolute Gasteiger partial charge is 0.265 e. The maximum Gasteiger partial charge on any atom is 0.265 e. The predicted molar refractivity (Wildman–Crippen MR) is 108 cm³/mol. The second-order valence-corrected chi connectivity index (χ2v) is 8.56. The number of nitrogens with zero attached hydrogens (tertiary/aromatic N) is 1. The predicted octanol–water partition coefficient (Wildman–Crippen LogP) is 3.05. The maximum absolute atomic E-state index is 12.6. The van der Waals surface area contributed by atoms with Gasteiger partial charge in [0.2, 0.25) is 10.0 Å². The molecule has 1 amide bonds. The molecule has 2 rings (SSSR count). The van der Waals surface area contributed by atoms with E-state index in [9.17, 15) is 13.2 Å². The van der Waals surface area contributed by atoms with Gasteiger partial charge in [0.05, 0.1) is 6.61 Å². The number of hydrogen-bond acceptors (Lipinski definition) is 5. The number of amides is 1. The Hall–Kier alpha value is -2.58. The zero-order valence-electron chi connectivity index (χ0n) is 16.7. The molecule has 0 spiro atoms. The fraction of sp³-hybridized carbons (Fsp3) is 0.350. The summed E-state index contributed by atoms with van der Waals surface area (Å²) in [6.45, 7) is 5.68. The summed E-state index contributed by atoms with van der Waals surface area (Å²) in [6.07, 6.45) is -0.761. The first-order valence-electron chi connectivity index (χ1n) is 8.88. The molecule has 0 heterocycles. The number of aryl methyl sites for hydroxylation is 1. The minimum atomic E-state index is -3.74. The molecule has 8 heteroatoms. The Morgan fingerprint density at radius 2 is 1.79 bits per heavy atom. The topological polar surface area (TPSA) is 84.9 Å². The first-order valence-corrected chi connectivity index (χ1v) is 10.3. The fourth-order valence-corrected chi connectivity index (χ4v) is 3.43. The molecular formula is C20H26N2O5S. The lowest BCUT2D eigenvalue weighted by Crippen LogP contribution is -2.30. The van der Waals surface area contributed by atoms with Gasteiger partial charge in [-0.1, -0.05) is 17.7 Å². The van der Waals surface area contributed by atoms with Crippen molar-refractivity contribution < 1.29 is 22.7 Å². The molecule has 2 aromatic carbocycles. The number of carbonyl (C=O) groups excluding carboxylic acids is 1. The van der Waals surface area contributed by atoms with Crippen LogP contribution < -0.4 is 14.8 Å². The number of hydrogen-bond donors (Lipinski definition) is 1. The van der Waals surface area contributed by atoms with Gasteiger partial charge >= 0.3 is 0 Å². The molecule has 0 aliphatic carbocycles. The molecule has 2 aromatic rings. The molecule has 0 radical (unpaired) electrons. The summed E-state index contributed by atoms with van der Waals surface area (Å²) < 4.78 is 37.3. The lowest BCUT2D eigenvalue weighted by molar-refractivity contribution is -0.122. The molecule has 0 saturated heterocycles. The Kier molecular flexibility index (Phi) is 7.04. The van der Waals surface area contributed by atoms with Gasteiger partial charge in [0.15, 0.2) is 6.10 Å². The lowest BCUT2D eigenvalue weighted by Gasteiger charge is -2.18. The molecule has 28 heavy (non-hydrogen) atoms. The molecule has 0 aliphatic rings. The highest BCUT2D eigenvalue weighted by atomic mass is 32.2. The normalized spacial score (nSPS) is 12.5. The monoisotopic (exact) mass is 406 g/mol. The van der Waals surface area contributed by atoms with Crippen molar-refractivity contribution in [1.29, 1.82) is 0 Å². The van der Waals surface area contributed by atoms with E-state index in [4.69, 9.17) is 9.47 Å². The Labute approximate surface area is 166 Å². The van der Waals surface area contributed by atoms with Crippen LogP contribution in [0.1, 0.15) is 19.4 Å². The summed E-state index contributed by atoms with van der Waals surface area (Å²) in [5.74, 6) is 0.423. The van der Waals surface area contributed by atoms with Gasteiger partial charge in [0, 0.05) is 19.8 Å². The highest BCUT2D eigenvalue weighted by molar-refractivity contribution is 7.89. The van der Waals surface area contributed by atoms with Crippen LogP contribution in [-0.2, 0) is 14.8 Å². The second-order valence-electron chi connectivity index (χ2n) is 6.44. The third-order valence-corrected chi connectivity index (χ3v) is 5.81. The first-order chi connectivity index (χ1) is 13.1. The van der Waals surface area contributed by atoms with Gasteiger partial charge in [-0.05, 0) is 51.1 Å². The number of benzene rings is 2. The Bertz CT molecular complexity index is 924. The van der Waals surface area contributed by atoms with Gasteiger partial charge < -0.3 is 14.8 Å². The van der Waals surface area contributed by atoms with Crippen LogP contribution in [0.4, 0.5) is 5.69 Å². The van der Waals surface area contributed by atoms with Gasteiger partial charge in [-0.15, -0.1) is 0 Å². The number of ether oxygens (including phenoxy) is 2. The maximum atomic E-state index is 12.6. The fourth-order valence-electron chi connectivity index (χ4n) is 2.38. The van der Waals surface area contributed by atoms with E-state index in [0.717, 1.165) is 9.87 Å².